The molecule has 7 nitrogen and oxygen atoms in total. The molecule has 3 aromatic rings. The highest BCUT2D eigenvalue weighted by Gasteiger charge is 2.36. The Morgan fingerprint density at radius 2 is 1.41 bits per heavy atom. The van der Waals surface area contributed by atoms with Gasteiger partial charge >= 0.3 is 0 Å². The lowest BCUT2D eigenvalue weighted by atomic mass is 9.82. The van der Waals surface area contributed by atoms with Crippen LogP contribution in [0.5, 0.6) is 11.5 Å². The molecule has 176 valence electrons. The van der Waals surface area contributed by atoms with Gasteiger partial charge in [0.25, 0.3) is 0 Å². The number of benzene rings is 3. The van der Waals surface area contributed by atoms with Crippen LogP contribution in [0.3, 0.4) is 0 Å². The molecule has 1 aliphatic carbocycles. The lowest BCUT2D eigenvalue weighted by molar-refractivity contribution is 0.0980. The van der Waals surface area contributed by atoms with Crippen molar-refractivity contribution in [3.05, 3.63) is 82.4 Å². The molecule has 0 saturated heterocycles. The molecule has 1 aliphatic rings. The average Bonchev–Trinajstić information content (AvgIpc) is 2.79. The molecule has 0 bridgehead atoms. The van der Waals surface area contributed by atoms with Crippen molar-refractivity contribution < 1.29 is 22.7 Å². The third-order valence-corrected chi connectivity index (χ3v) is 7.59. The second kappa shape index (κ2) is 8.61. The van der Waals surface area contributed by atoms with Crippen LogP contribution < -0.4 is 15.2 Å². The highest BCUT2D eigenvalue weighted by Crippen LogP contribution is 2.42. The minimum Gasteiger partial charge on any atom is -0.455 e. The molecule has 0 amide bonds. The number of anilines is 2. The minimum absolute atomic E-state index is 0.0247. The van der Waals surface area contributed by atoms with E-state index in [4.69, 9.17) is 10.5 Å². The van der Waals surface area contributed by atoms with Gasteiger partial charge in [-0.1, -0.05) is 50.2 Å². The fourth-order valence-electron chi connectivity index (χ4n) is 3.78. The molecule has 0 saturated carbocycles. The maximum Gasteiger partial charge on any atom is 0.235 e. The van der Waals surface area contributed by atoms with Gasteiger partial charge in [-0.2, -0.15) is 0 Å². The third kappa shape index (κ3) is 4.05. The van der Waals surface area contributed by atoms with E-state index in [9.17, 15) is 18.0 Å². The summed E-state index contributed by atoms with van der Waals surface area (Å²) in [6.45, 7) is 7.18. The maximum absolute atomic E-state index is 13.4. The van der Waals surface area contributed by atoms with Crippen molar-refractivity contribution in [3.63, 3.8) is 0 Å². The summed E-state index contributed by atoms with van der Waals surface area (Å²) in [7, 11) is -3.83. The van der Waals surface area contributed by atoms with Gasteiger partial charge in [0.1, 0.15) is 5.75 Å². The Bertz CT molecular complexity index is 1410. The fourth-order valence-corrected chi connectivity index (χ4v) is 4.48. The van der Waals surface area contributed by atoms with Crippen LogP contribution in [0.15, 0.2) is 54.6 Å². The van der Waals surface area contributed by atoms with E-state index in [1.165, 1.54) is 26.0 Å². The van der Waals surface area contributed by atoms with Crippen molar-refractivity contribution in [1.82, 2.24) is 0 Å². The predicted molar refractivity (Wildman–Crippen MR) is 132 cm³/mol. The van der Waals surface area contributed by atoms with Crippen molar-refractivity contribution in [2.24, 2.45) is 0 Å². The molecular formula is C26H26N2O5S. The lowest BCUT2D eigenvalue weighted by Crippen LogP contribution is -2.28. The Labute approximate surface area is 199 Å². The summed E-state index contributed by atoms with van der Waals surface area (Å²) in [6.07, 6.45) is 0. The normalized spacial score (nSPS) is 13.1. The highest BCUT2D eigenvalue weighted by molar-refractivity contribution is 7.93. The van der Waals surface area contributed by atoms with Gasteiger partial charge in [-0.15, -0.1) is 0 Å². The number of fused-ring (bicyclic) bond motifs is 2. The number of ketones is 2. The molecule has 4 rings (SSSR count). The van der Waals surface area contributed by atoms with E-state index >= 15 is 0 Å². The molecule has 0 unspecified atom stereocenters. The van der Waals surface area contributed by atoms with Gasteiger partial charge in [-0.25, -0.2) is 8.42 Å². The second-order valence-corrected chi connectivity index (χ2v) is 11.0. The van der Waals surface area contributed by atoms with Crippen molar-refractivity contribution in [2.45, 2.75) is 38.9 Å². The first-order valence-electron chi connectivity index (χ1n) is 11.0. The van der Waals surface area contributed by atoms with Crippen LogP contribution in [0.1, 0.15) is 71.0 Å². The summed E-state index contributed by atoms with van der Waals surface area (Å²) in [5.74, 6) is -0.0650. The van der Waals surface area contributed by atoms with E-state index in [1.807, 2.05) is 12.1 Å². The molecule has 8 heteroatoms. The number of nitrogens with two attached hydrogens (primary N) is 1. The number of rotatable bonds is 6. The number of carbonyl (C=O) groups is 2. The van der Waals surface area contributed by atoms with Crippen LogP contribution in [0, 0.1) is 0 Å². The Morgan fingerprint density at radius 1 is 0.853 bits per heavy atom. The fraction of sp³-hybridized carbons (Fsp3) is 0.231. The van der Waals surface area contributed by atoms with Gasteiger partial charge < -0.3 is 10.5 Å². The van der Waals surface area contributed by atoms with Gasteiger partial charge in [-0.05, 0) is 37.5 Å². The summed E-state index contributed by atoms with van der Waals surface area (Å²) in [5.41, 5.74) is 7.67. The van der Waals surface area contributed by atoms with Crippen LogP contribution in [-0.4, -0.2) is 25.2 Å². The Balaban J connectivity index is 1.90. The van der Waals surface area contributed by atoms with E-state index in [-0.39, 0.29) is 39.4 Å². The van der Waals surface area contributed by atoms with E-state index < -0.39 is 26.8 Å². The molecule has 0 atom stereocenters. The monoisotopic (exact) mass is 478 g/mol. The predicted octanol–water partition coefficient (Wildman–Crippen LogP) is 5.11. The van der Waals surface area contributed by atoms with Crippen molar-refractivity contribution >= 4 is 33.0 Å². The smallest absolute Gasteiger partial charge is 0.235 e. The molecule has 0 spiro atoms. The van der Waals surface area contributed by atoms with E-state index in [1.54, 1.807) is 30.3 Å². The molecule has 0 aliphatic heterocycles. The quantitative estimate of drug-likeness (QED) is 0.372. The Morgan fingerprint density at radius 3 is 1.94 bits per heavy atom. The number of sulfonamides is 1. The third-order valence-electron chi connectivity index (χ3n) is 5.85. The molecule has 0 aromatic heterocycles. The molecule has 0 radical (unpaired) electrons. The van der Waals surface area contributed by atoms with E-state index in [0.717, 1.165) is 5.56 Å². The zero-order valence-corrected chi connectivity index (χ0v) is 20.2. The number of nitrogen functional groups attached to an aromatic ring is 1. The number of ether oxygens (including phenoxy) is 1. The van der Waals surface area contributed by atoms with Gasteiger partial charge in [-0.3, -0.25) is 14.3 Å². The summed E-state index contributed by atoms with van der Waals surface area (Å²) in [5, 5.41) is -0.768. The van der Waals surface area contributed by atoms with Crippen molar-refractivity contribution in [2.75, 3.05) is 10.5 Å². The van der Waals surface area contributed by atoms with Crippen molar-refractivity contribution in [3.8, 4) is 11.5 Å². The largest absolute Gasteiger partial charge is 0.455 e. The van der Waals surface area contributed by atoms with Crippen LogP contribution >= 0.6 is 0 Å². The summed E-state index contributed by atoms with van der Waals surface area (Å²) >= 11 is 0. The number of hydrogen-bond donors (Lipinski definition) is 2. The summed E-state index contributed by atoms with van der Waals surface area (Å²) < 4.78 is 33.8. The molecule has 0 fully saturated rings. The Kier molecular flexibility index (Phi) is 5.95. The average molecular weight is 479 g/mol. The first-order chi connectivity index (χ1) is 16.0. The highest BCUT2D eigenvalue weighted by atomic mass is 32.2. The van der Waals surface area contributed by atoms with Gasteiger partial charge in [0.15, 0.2) is 17.3 Å². The molecule has 0 heterocycles. The molecule has 3 N–H and O–H groups in total. The van der Waals surface area contributed by atoms with Crippen molar-refractivity contribution in [1.29, 1.82) is 0 Å². The second-order valence-electron chi connectivity index (χ2n) is 8.81. The molecule has 34 heavy (non-hydrogen) atoms. The van der Waals surface area contributed by atoms with Crippen LogP contribution in [-0.2, 0) is 10.0 Å². The summed E-state index contributed by atoms with van der Waals surface area (Å²) in [4.78, 5) is 26.8. The Hall–Kier alpha value is -3.65. The zero-order chi connectivity index (χ0) is 24.8. The minimum atomic E-state index is -3.83. The molecule has 3 aromatic carbocycles. The first kappa shape index (κ1) is 23.5. The lowest BCUT2D eigenvalue weighted by Gasteiger charge is -2.24. The molecular weight excluding hydrogens is 452 g/mol. The van der Waals surface area contributed by atoms with Crippen LogP contribution in [0.25, 0.3) is 0 Å². The number of carbonyl (C=O) groups excluding carboxylic acids is 2. The first-order valence-corrected chi connectivity index (χ1v) is 12.5. The topological polar surface area (TPSA) is 116 Å². The van der Waals surface area contributed by atoms with Gasteiger partial charge in [0.05, 0.1) is 27.8 Å². The number of hydrogen-bond acceptors (Lipinski definition) is 6. The van der Waals surface area contributed by atoms with E-state index in [2.05, 4.69) is 18.6 Å². The van der Waals surface area contributed by atoms with Crippen LogP contribution in [0.2, 0.25) is 0 Å². The van der Waals surface area contributed by atoms with Crippen LogP contribution in [0.4, 0.5) is 11.4 Å². The van der Waals surface area contributed by atoms with E-state index in [0.29, 0.717) is 11.7 Å². The SMILES string of the molecule is CC(C)c1ccc(Oc2cc(NS(=O)(=O)C(C)C)c3c(c2N)C(=O)c2ccccc2C3=O)cc1. The number of nitrogens with one attached hydrogen (secondary N) is 1. The van der Waals surface area contributed by atoms with Gasteiger partial charge in [0, 0.05) is 17.2 Å². The maximum atomic E-state index is 13.4. The van der Waals surface area contributed by atoms with Gasteiger partial charge in [0.2, 0.25) is 10.0 Å². The zero-order valence-electron chi connectivity index (χ0n) is 19.4. The standard InChI is InChI=1S/C26H26N2O5S/c1-14(2)16-9-11-17(12-10-16)33-21-13-20(28-34(31,32)15(3)4)22-23(24(21)27)26(30)19-8-6-5-7-18(19)25(22)29/h5-15,28H,27H2,1-4H3. The summed E-state index contributed by atoms with van der Waals surface area (Å²) in [6, 6.07) is 15.1.